The zero-order valence-electron chi connectivity index (χ0n) is 9.50. The predicted octanol–water partition coefficient (Wildman–Crippen LogP) is 2.96. The van der Waals surface area contributed by atoms with Gasteiger partial charge >= 0.3 is 0 Å². The monoisotopic (exact) mass is 240 g/mol. The van der Waals surface area contributed by atoms with Gasteiger partial charge in [0.15, 0.2) is 0 Å². The number of nitrogens with zero attached hydrogens (tertiary/aromatic N) is 1. The highest BCUT2D eigenvalue weighted by molar-refractivity contribution is 6.29. The van der Waals surface area contributed by atoms with Gasteiger partial charge in [0.2, 0.25) is 0 Å². The Morgan fingerprint density at radius 2 is 2.25 bits per heavy atom. The summed E-state index contributed by atoms with van der Waals surface area (Å²) in [7, 11) is 0. The van der Waals surface area contributed by atoms with Crippen molar-refractivity contribution < 1.29 is 4.74 Å². The Bertz CT molecular complexity index is 351. The molecular formula is C12H17ClN2O. The Labute approximate surface area is 101 Å². The van der Waals surface area contributed by atoms with Crippen LogP contribution in [0.4, 0.5) is 5.69 Å². The van der Waals surface area contributed by atoms with Crippen molar-refractivity contribution in [3.8, 4) is 0 Å². The van der Waals surface area contributed by atoms with Crippen molar-refractivity contribution in [2.24, 2.45) is 5.41 Å². The molecule has 2 heterocycles. The lowest BCUT2D eigenvalue weighted by Gasteiger charge is -2.33. The molecule has 0 saturated carbocycles. The SMILES string of the molecule is CC1(CNc2ccnc(Cl)c2)CCOCC1. The quantitative estimate of drug-likeness (QED) is 0.825. The van der Waals surface area contributed by atoms with Crippen LogP contribution in [0.25, 0.3) is 0 Å². The van der Waals surface area contributed by atoms with E-state index in [1.807, 2.05) is 12.1 Å². The second kappa shape index (κ2) is 5.02. The number of pyridine rings is 1. The molecular weight excluding hydrogens is 224 g/mol. The van der Waals surface area contributed by atoms with Crippen molar-refractivity contribution in [2.75, 3.05) is 25.1 Å². The maximum Gasteiger partial charge on any atom is 0.131 e. The molecule has 0 aromatic carbocycles. The Kier molecular flexibility index (Phi) is 3.66. The molecule has 16 heavy (non-hydrogen) atoms. The zero-order valence-corrected chi connectivity index (χ0v) is 10.3. The summed E-state index contributed by atoms with van der Waals surface area (Å²) in [5.41, 5.74) is 1.36. The molecule has 0 bridgehead atoms. The summed E-state index contributed by atoms with van der Waals surface area (Å²) in [6.45, 7) is 4.99. The third-order valence-electron chi connectivity index (χ3n) is 3.15. The zero-order chi connectivity index (χ0) is 11.4. The van der Waals surface area contributed by atoms with Crippen molar-refractivity contribution in [3.63, 3.8) is 0 Å². The first-order valence-electron chi connectivity index (χ1n) is 5.61. The van der Waals surface area contributed by atoms with Crippen LogP contribution < -0.4 is 5.32 Å². The maximum atomic E-state index is 5.83. The molecule has 0 unspecified atom stereocenters. The molecule has 0 radical (unpaired) electrons. The molecule has 1 saturated heterocycles. The van der Waals surface area contributed by atoms with Gasteiger partial charge in [-0.2, -0.15) is 0 Å². The highest BCUT2D eigenvalue weighted by Gasteiger charge is 2.26. The van der Waals surface area contributed by atoms with Crippen LogP contribution in [-0.2, 0) is 4.74 Å². The Balaban J connectivity index is 1.91. The van der Waals surface area contributed by atoms with Crippen molar-refractivity contribution in [1.82, 2.24) is 4.98 Å². The van der Waals surface area contributed by atoms with Crippen LogP contribution in [0.15, 0.2) is 18.3 Å². The van der Waals surface area contributed by atoms with Crippen LogP contribution in [0.2, 0.25) is 5.15 Å². The van der Waals surface area contributed by atoms with Gasteiger partial charge < -0.3 is 10.1 Å². The third kappa shape index (κ3) is 3.09. The van der Waals surface area contributed by atoms with Gasteiger partial charge in [-0.3, -0.25) is 0 Å². The van der Waals surface area contributed by atoms with Gasteiger partial charge in [0.25, 0.3) is 0 Å². The van der Waals surface area contributed by atoms with Gasteiger partial charge in [0, 0.05) is 31.6 Å². The second-order valence-corrected chi connectivity index (χ2v) is 5.03. The van der Waals surface area contributed by atoms with E-state index in [1.54, 1.807) is 6.20 Å². The molecule has 0 amide bonds. The van der Waals surface area contributed by atoms with Crippen molar-refractivity contribution in [1.29, 1.82) is 0 Å². The van der Waals surface area contributed by atoms with Crippen LogP contribution in [-0.4, -0.2) is 24.7 Å². The first-order chi connectivity index (χ1) is 7.68. The molecule has 0 atom stereocenters. The van der Waals surface area contributed by atoms with Crippen LogP contribution in [0.3, 0.4) is 0 Å². The summed E-state index contributed by atoms with van der Waals surface area (Å²) in [5, 5.41) is 3.95. The van der Waals surface area contributed by atoms with E-state index >= 15 is 0 Å². The molecule has 1 aromatic rings. The van der Waals surface area contributed by atoms with Crippen LogP contribution in [0.5, 0.6) is 0 Å². The van der Waals surface area contributed by atoms with Gasteiger partial charge in [0.1, 0.15) is 5.15 Å². The van der Waals surface area contributed by atoms with E-state index in [9.17, 15) is 0 Å². The lowest BCUT2D eigenvalue weighted by molar-refractivity contribution is 0.0300. The van der Waals surface area contributed by atoms with Crippen molar-refractivity contribution in [2.45, 2.75) is 19.8 Å². The fraction of sp³-hybridized carbons (Fsp3) is 0.583. The van der Waals surface area contributed by atoms with Gasteiger partial charge in [-0.05, 0) is 30.4 Å². The lowest BCUT2D eigenvalue weighted by Crippen LogP contribution is -2.33. The van der Waals surface area contributed by atoms with Gasteiger partial charge in [-0.15, -0.1) is 0 Å². The molecule has 2 rings (SSSR count). The molecule has 3 nitrogen and oxygen atoms in total. The molecule has 4 heteroatoms. The van der Waals surface area contributed by atoms with E-state index in [0.29, 0.717) is 10.6 Å². The predicted molar refractivity (Wildman–Crippen MR) is 65.9 cm³/mol. The lowest BCUT2D eigenvalue weighted by atomic mass is 9.82. The molecule has 1 N–H and O–H groups in total. The Morgan fingerprint density at radius 1 is 1.50 bits per heavy atom. The second-order valence-electron chi connectivity index (χ2n) is 4.64. The number of nitrogens with one attached hydrogen (secondary N) is 1. The average Bonchev–Trinajstić information content (AvgIpc) is 2.28. The smallest absolute Gasteiger partial charge is 0.131 e. The molecule has 1 fully saturated rings. The third-order valence-corrected chi connectivity index (χ3v) is 3.35. The van der Waals surface area contributed by atoms with Gasteiger partial charge in [0.05, 0.1) is 0 Å². The highest BCUT2D eigenvalue weighted by atomic mass is 35.5. The van der Waals surface area contributed by atoms with E-state index < -0.39 is 0 Å². The summed E-state index contributed by atoms with van der Waals surface area (Å²) in [5.74, 6) is 0. The molecule has 1 aliphatic rings. The summed E-state index contributed by atoms with van der Waals surface area (Å²) in [4.78, 5) is 3.96. The molecule has 0 spiro atoms. The minimum Gasteiger partial charge on any atom is -0.384 e. The van der Waals surface area contributed by atoms with E-state index in [2.05, 4.69) is 17.2 Å². The number of hydrogen-bond acceptors (Lipinski definition) is 3. The normalized spacial score (nSPS) is 19.4. The summed E-state index contributed by atoms with van der Waals surface area (Å²) in [6, 6.07) is 3.79. The number of hydrogen-bond donors (Lipinski definition) is 1. The van der Waals surface area contributed by atoms with Gasteiger partial charge in [-0.25, -0.2) is 4.98 Å². The van der Waals surface area contributed by atoms with Crippen LogP contribution >= 0.6 is 11.6 Å². The Morgan fingerprint density at radius 3 is 2.94 bits per heavy atom. The summed E-state index contributed by atoms with van der Waals surface area (Å²) < 4.78 is 5.38. The first kappa shape index (κ1) is 11.7. The highest BCUT2D eigenvalue weighted by Crippen LogP contribution is 2.30. The minimum absolute atomic E-state index is 0.327. The Hall–Kier alpha value is -0.800. The van der Waals surface area contributed by atoms with E-state index in [4.69, 9.17) is 16.3 Å². The fourth-order valence-corrected chi connectivity index (χ4v) is 2.04. The number of ether oxygens (including phenoxy) is 1. The van der Waals surface area contributed by atoms with Crippen molar-refractivity contribution in [3.05, 3.63) is 23.5 Å². The minimum atomic E-state index is 0.327. The van der Waals surface area contributed by atoms with Crippen LogP contribution in [0.1, 0.15) is 19.8 Å². The molecule has 0 aliphatic carbocycles. The molecule has 1 aromatic heterocycles. The summed E-state index contributed by atoms with van der Waals surface area (Å²) in [6.07, 6.45) is 3.94. The largest absolute Gasteiger partial charge is 0.384 e. The van der Waals surface area contributed by atoms with E-state index in [0.717, 1.165) is 38.3 Å². The average molecular weight is 241 g/mol. The molecule has 88 valence electrons. The van der Waals surface area contributed by atoms with Gasteiger partial charge in [-0.1, -0.05) is 18.5 Å². The van der Waals surface area contributed by atoms with Crippen LogP contribution in [0, 0.1) is 5.41 Å². The number of rotatable bonds is 3. The topological polar surface area (TPSA) is 34.2 Å². The van der Waals surface area contributed by atoms with E-state index in [-0.39, 0.29) is 0 Å². The number of halogens is 1. The fourth-order valence-electron chi connectivity index (χ4n) is 1.87. The first-order valence-corrected chi connectivity index (χ1v) is 5.99. The standard InChI is InChI=1S/C12H17ClN2O/c1-12(3-6-16-7-4-12)9-15-10-2-5-14-11(13)8-10/h2,5,8H,3-4,6-7,9H2,1H3,(H,14,15). The van der Waals surface area contributed by atoms with E-state index in [1.165, 1.54) is 0 Å². The number of anilines is 1. The number of aromatic nitrogens is 1. The maximum absolute atomic E-state index is 5.83. The van der Waals surface area contributed by atoms with Crippen molar-refractivity contribution >= 4 is 17.3 Å². The summed E-state index contributed by atoms with van der Waals surface area (Å²) >= 11 is 5.83. The molecule has 1 aliphatic heterocycles.